The fourth-order valence-corrected chi connectivity index (χ4v) is 4.77. The maximum Gasteiger partial charge on any atom is 0.416 e. The van der Waals surface area contributed by atoms with Crippen LogP contribution in [0.15, 0.2) is 102 Å². The molecule has 0 spiro atoms. The molecule has 5 aromatic rings. The quantitative estimate of drug-likeness (QED) is 0.159. The number of aryl methyl sites for hydroxylation is 1. The van der Waals surface area contributed by atoms with E-state index in [0.717, 1.165) is 40.9 Å². The second-order valence-corrected chi connectivity index (χ2v) is 10.2. The van der Waals surface area contributed by atoms with E-state index in [0.29, 0.717) is 22.6 Å². The van der Waals surface area contributed by atoms with Gasteiger partial charge in [0, 0.05) is 47.0 Å². The van der Waals surface area contributed by atoms with Gasteiger partial charge in [-0.2, -0.15) is 13.2 Å². The Bertz CT molecular complexity index is 1770. The fraction of sp³-hybridized carbons (Fsp3) is 0.152. The van der Waals surface area contributed by atoms with Gasteiger partial charge < -0.3 is 5.32 Å². The molecule has 42 heavy (non-hydrogen) atoms. The van der Waals surface area contributed by atoms with E-state index in [2.05, 4.69) is 25.3 Å². The zero-order chi connectivity index (χ0) is 29.3. The van der Waals surface area contributed by atoms with Gasteiger partial charge in [-0.05, 0) is 66.9 Å². The summed E-state index contributed by atoms with van der Waals surface area (Å²) in [6.45, 7) is 1.85. The predicted octanol–water partition coefficient (Wildman–Crippen LogP) is 8.39. The predicted molar refractivity (Wildman–Crippen MR) is 155 cm³/mol. The summed E-state index contributed by atoms with van der Waals surface area (Å²) >= 11 is 0. The van der Waals surface area contributed by atoms with Gasteiger partial charge in [0.25, 0.3) is 0 Å². The molecule has 0 aliphatic heterocycles. The first-order chi connectivity index (χ1) is 20.2. The van der Waals surface area contributed by atoms with Crippen molar-refractivity contribution in [2.45, 2.75) is 31.5 Å². The number of rotatable bonds is 7. The Kier molecular flexibility index (Phi) is 7.24. The van der Waals surface area contributed by atoms with Gasteiger partial charge in [0.1, 0.15) is 11.5 Å². The third kappa shape index (κ3) is 6.05. The van der Waals surface area contributed by atoms with E-state index >= 15 is 0 Å². The lowest BCUT2D eigenvalue weighted by Gasteiger charge is -2.12. The maximum absolute atomic E-state index is 14.8. The molecule has 9 heteroatoms. The number of pyridine rings is 3. The minimum absolute atomic E-state index is 0.00500. The van der Waals surface area contributed by atoms with Crippen molar-refractivity contribution in [1.82, 2.24) is 15.0 Å². The second kappa shape index (κ2) is 11.2. The number of anilines is 2. The van der Waals surface area contributed by atoms with E-state index in [1.54, 1.807) is 36.9 Å². The van der Waals surface area contributed by atoms with Crippen molar-refractivity contribution in [3.05, 3.63) is 126 Å². The lowest BCUT2D eigenvalue weighted by atomic mass is 10.0. The summed E-state index contributed by atoms with van der Waals surface area (Å²) in [4.78, 5) is 18.0. The molecule has 3 aromatic heterocycles. The van der Waals surface area contributed by atoms with Crippen LogP contribution in [-0.4, -0.2) is 27.2 Å². The number of nitrogens with zero attached hydrogens (tertiary/aromatic N) is 4. The summed E-state index contributed by atoms with van der Waals surface area (Å²) in [5.74, 6) is -0.348. The maximum atomic E-state index is 14.8. The summed E-state index contributed by atoms with van der Waals surface area (Å²) in [6, 6.07) is 21.6. The highest BCUT2D eigenvalue weighted by atomic mass is 19.4. The summed E-state index contributed by atoms with van der Waals surface area (Å²) in [5, 5.41) is 3.00. The molecule has 1 saturated carbocycles. The molecule has 5 nitrogen and oxygen atoms in total. The van der Waals surface area contributed by atoms with E-state index in [1.807, 2.05) is 49.4 Å². The van der Waals surface area contributed by atoms with E-state index in [4.69, 9.17) is 0 Å². The monoisotopic (exact) mass is 567 g/mol. The van der Waals surface area contributed by atoms with Gasteiger partial charge in [-0.25, -0.2) is 9.37 Å². The zero-order valence-electron chi connectivity index (χ0n) is 22.5. The average Bonchev–Trinajstić information content (AvgIpc) is 3.78. The van der Waals surface area contributed by atoms with Crippen LogP contribution < -0.4 is 5.32 Å². The molecule has 1 fully saturated rings. The Labute approximate surface area is 240 Å². The molecule has 210 valence electrons. The molecule has 0 bridgehead atoms. The smallest absolute Gasteiger partial charge is 0.354 e. The number of benzene rings is 2. The standard InChI is InChI=1S/C33H25F4N5/c1-20-12-26(39-19-31(20)41-25-9-5-8-24(14-25)33(35,36)37)18-40-30-15-27(30)29-11-10-28(34)32(42-29)23-13-22(16-38-17-23)21-6-3-2-4-7-21/h2-14,16-19,27,30,41H,15H2,1H3. The van der Waals surface area contributed by atoms with E-state index in [-0.39, 0.29) is 17.7 Å². The number of nitrogens with one attached hydrogen (secondary N) is 1. The molecule has 0 saturated heterocycles. The van der Waals surface area contributed by atoms with Crippen LogP contribution in [0.25, 0.3) is 22.4 Å². The SMILES string of the molecule is Cc1cc(C=NC2CC2c2ccc(F)c(-c3cncc(-c4ccccc4)c3)n2)ncc1Nc1cccc(C(F)(F)F)c1. The first-order valence-corrected chi connectivity index (χ1v) is 13.4. The average molecular weight is 568 g/mol. The number of aromatic nitrogens is 3. The number of hydrogen-bond acceptors (Lipinski definition) is 5. The molecular weight excluding hydrogens is 542 g/mol. The molecule has 6 rings (SSSR count). The van der Waals surface area contributed by atoms with Crippen molar-refractivity contribution in [3.63, 3.8) is 0 Å². The number of hydrogen-bond donors (Lipinski definition) is 1. The highest BCUT2D eigenvalue weighted by molar-refractivity contribution is 5.79. The molecule has 1 aliphatic rings. The van der Waals surface area contributed by atoms with Crippen LogP contribution in [0.2, 0.25) is 0 Å². The Morgan fingerprint density at radius 1 is 0.881 bits per heavy atom. The van der Waals surface area contributed by atoms with Crippen LogP contribution in [-0.2, 0) is 6.18 Å². The van der Waals surface area contributed by atoms with E-state index < -0.39 is 17.6 Å². The van der Waals surface area contributed by atoms with Crippen molar-refractivity contribution >= 4 is 17.6 Å². The minimum atomic E-state index is -4.42. The molecule has 1 N–H and O–H groups in total. The van der Waals surface area contributed by atoms with Crippen LogP contribution in [0.4, 0.5) is 28.9 Å². The van der Waals surface area contributed by atoms with E-state index in [9.17, 15) is 17.6 Å². The molecule has 2 aromatic carbocycles. The van der Waals surface area contributed by atoms with Gasteiger partial charge >= 0.3 is 6.18 Å². The molecule has 0 amide bonds. The summed E-state index contributed by atoms with van der Waals surface area (Å²) < 4.78 is 54.0. The topological polar surface area (TPSA) is 63.1 Å². The van der Waals surface area contributed by atoms with Crippen molar-refractivity contribution < 1.29 is 17.6 Å². The van der Waals surface area contributed by atoms with Gasteiger partial charge in [-0.15, -0.1) is 0 Å². The minimum Gasteiger partial charge on any atom is -0.354 e. The summed E-state index contributed by atoms with van der Waals surface area (Å²) in [6.07, 6.45) is 2.99. The van der Waals surface area contributed by atoms with Gasteiger partial charge in [-0.1, -0.05) is 36.4 Å². The van der Waals surface area contributed by atoms with Gasteiger partial charge in [-0.3, -0.25) is 15.0 Å². The molecule has 3 heterocycles. The Morgan fingerprint density at radius 3 is 2.48 bits per heavy atom. The second-order valence-electron chi connectivity index (χ2n) is 10.2. The van der Waals surface area contributed by atoms with Gasteiger partial charge in [0.2, 0.25) is 0 Å². The summed E-state index contributed by atoms with van der Waals surface area (Å²) in [5.41, 5.74) is 5.15. The third-order valence-corrected chi connectivity index (χ3v) is 7.12. The fourth-order valence-electron chi connectivity index (χ4n) is 4.77. The molecule has 2 unspecified atom stereocenters. The number of alkyl halides is 3. The zero-order valence-corrected chi connectivity index (χ0v) is 22.5. The highest BCUT2D eigenvalue weighted by Gasteiger charge is 2.39. The van der Waals surface area contributed by atoms with E-state index in [1.165, 1.54) is 12.1 Å². The summed E-state index contributed by atoms with van der Waals surface area (Å²) in [7, 11) is 0. The van der Waals surface area contributed by atoms with Crippen LogP contribution in [0, 0.1) is 12.7 Å². The number of halogens is 4. The Morgan fingerprint density at radius 2 is 1.69 bits per heavy atom. The van der Waals surface area contributed by atoms with Crippen molar-refractivity contribution in [1.29, 1.82) is 0 Å². The van der Waals surface area contributed by atoms with Crippen LogP contribution >= 0.6 is 0 Å². The van der Waals surface area contributed by atoms with Crippen LogP contribution in [0.1, 0.15) is 34.9 Å². The molecular formula is C33H25F4N5. The van der Waals surface area contributed by atoms with Crippen molar-refractivity contribution in [2.24, 2.45) is 4.99 Å². The Hall–Kier alpha value is -4.92. The Balaban J connectivity index is 1.14. The van der Waals surface area contributed by atoms with Crippen molar-refractivity contribution in [3.8, 4) is 22.4 Å². The lowest BCUT2D eigenvalue weighted by molar-refractivity contribution is -0.137. The third-order valence-electron chi connectivity index (χ3n) is 7.12. The van der Waals surface area contributed by atoms with Crippen molar-refractivity contribution in [2.75, 3.05) is 5.32 Å². The first-order valence-electron chi connectivity index (χ1n) is 13.4. The largest absolute Gasteiger partial charge is 0.416 e. The molecule has 1 aliphatic carbocycles. The van der Waals surface area contributed by atoms with Gasteiger partial charge in [0.05, 0.1) is 29.2 Å². The van der Waals surface area contributed by atoms with Gasteiger partial charge in [0.15, 0.2) is 0 Å². The van der Waals surface area contributed by atoms with Crippen LogP contribution in [0.3, 0.4) is 0 Å². The van der Waals surface area contributed by atoms with Crippen LogP contribution in [0.5, 0.6) is 0 Å². The highest BCUT2D eigenvalue weighted by Crippen LogP contribution is 2.43. The lowest BCUT2D eigenvalue weighted by Crippen LogP contribution is -2.05. The first kappa shape index (κ1) is 27.3. The molecule has 2 atom stereocenters. The normalized spacial score (nSPS) is 16.5. The number of aliphatic imine (C=N–C) groups is 1. The molecule has 0 radical (unpaired) electrons.